The van der Waals surface area contributed by atoms with Crippen molar-refractivity contribution in [1.29, 1.82) is 0 Å². The van der Waals surface area contributed by atoms with Crippen molar-refractivity contribution >= 4 is 23.8 Å². The second-order valence-corrected chi connectivity index (χ2v) is 16.7. The molecule has 4 saturated heterocycles. The van der Waals surface area contributed by atoms with Crippen molar-refractivity contribution in [3.63, 3.8) is 0 Å². The van der Waals surface area contributed by atoms with Crippen LogP contribution in [0.25, 0.3) is 0 Å². The molecule has 4 aliphatic rings. The first-order valence-corrected chi connectivity index (χ1v) is 21.2. The summed E-state index contributed by atoms with van der Waals surface area (Å²) < 4.78 is 23.5. The zero-order valence-electron chi connectivity index (χ0n) is 34.3. The molecular formula is C39H68N4O16. The topological polar surface area (TPSA) is 306 Å². The van der Waals surface area contributed by atoms with Gasteiger partial charge in [-0.05, 0) is 12.3 Å². The lowest BCUT2D eigenvalue weighted by atomic mass is 9.91. The van der Waals surface area contributed by atoms with E-state index in [2.05, 4.69) is 29.8 Å². The van der Waals surface area contributed by atoms with Crippen LogP contribution in [0.4, 0.5) is 4.79 Å². The van der Waals surface area contributed by atoms with Crippen molar-refractivity contribution in [2.24, 2.45) is 5.92 Å². The van der Waals surface area contributed by atoms with E-state index >= 15 is 0 Å². The van der Waals surface area contributed by atoms with Crippen LogP contribution in [0.1, 0.15) is 111 Å². The maximum Gasteiger partial charge on any atom is 0.326 e. The normalized spacial score (nSPS) is 35.8. The van der Waals surface area contributed by atoms with E-state index in [1.165, 1.54) is 38.5 Å². The number of nitrogens with zero attached hydrogens (tertiary/aromatic N) is 1. The third-order valence-electron chi connectivity index (χ3n) is 11.5. The maximum atomic E-state index is 13.2. The number of imide groups is 1. The van der Waals surface area contributed by atoms with Crippen LogP contribution in [-0.2, 0) is 33.3 Å². The SMILES string of the molecule is CC(=O)N[C@H]1[C@@H](O[C@@H]2O[C@H](C[C@@H](O)[C@H]3O[C@@H](N4CCC(=O)NC4=O)[C@H](O)[C@@H]3O)[C@H](O)[C@H](O)[C@H]2NC(=O)CCCCCCCCCCCCC(C)C)O[C@H](CO)[C@@H](O)[C@@H]1O. The molecule has 0 radical (unpaired) electrons. The molecule has 4 fully saturated rings. The second kappa shape index (κ2) is 23.6. The summed E-state index contributed by atoms with van der Waals surface area (Å²) in [6, 6.07) is -3.79. The minimum absolute atomic E-state index is 0.0690. The van der Waals surface area contributed by atoms with Crippen LogP contribution < -0.4 is 16.0 Å². The lowest BCUT2D eigenvalue weighted by molar-refractivity contribution is -0.347. The summed E-state index contributed by atoms with van der Waals surface area (Å²) in [7, 11) is 0. The number of rotatable bonds is 22. The van der Waals surface area contributed by atoms with Gasteiger partial charge < -0.3 is 70.4 Å². The molecule has 5 amide bonds. The van der Waals surface area contributed by atoms with Gasteiger partial charge in [-0.15, -0.1) is 0 Å². The van der Waals surface area contributed by atoms with Gasteiger partial charge in [-0.3, -0.25) is 24.6 Å². The van der Waals surface area contributed by atoms with E-state index in [0.29, 0.717) is 6.42 Å². The molecule has 0 aromatic carbocycles. The summed E-state index contributed by atoms with van der Waals surface area (Å²) in [6.07, 6.45) is -10.1. The van der Waals surface area contributed by atoms with Gasteiger partial charge in [0.2, 0.25) is 17.7 Å². The number of unbranched alkanes of at least 4 members (excludes halogenated alkanes) is 9. The van der Waals surface area contributed by atoms with Gasteiger partial charge in [0.25, 0.3) is 0 Å². The number of nitrogens with one attached hydrogen (secondary N) is 3. The predicted octanol–water partition coefficient (Wildman–Crippen LogP) is -1.64. The van der Waals surface area contributed by atoms with Crippen LogP contribution in [0.5, 0.6) is 0 Å². The molecule has 0 spiro atoms. The molecule has 20 heteroatoms. The summed E-state index contributed by atoms with van der Waals surface area (Å²) in [5.41, 5.74) is 0. The molecule has 11 N–H and O–H groups in total. The molecule has 0 unspecified atom stereocenters. The van der Waals surface area contributed by atoms with Gasteiger partial charge in [0.1, 0.15) is 60.9 Å². The van der Waals surface area contributed by atoms with Crippen LogP contribution in [0.15, 0.2) is 0 Å². The predicted molar refractivity (Wildman–Crippen MR) is 205 cm³/mol. The molecule has 4 aliphatic heterocycles. The highest BCUT2D eigenvalue weighted by molar-refractivity contribution is 5.96. The third-order valence-corrected chi connectivity index (χ3v) is 11.5. The summed E-state index contributed by atoms with van der Waals surface area (Å²) >= 11 is 0. The Bertz CT molecular complexity index is 1350. The molecule has 340 valence electrons. The fraction of sp³-hybridized carbons (Fsp3) is 0.897. The molecule has 0 saturated carbocycles. The number of hydrogen-bond acceptors (Lipinski definition) is 16. The molecule has 0 aromatic rings. The van der Waals surface area contributed by atoms with Crippen molar-refractivity contribution in [3.05, 3.63) is 0 Å². The van der Waals surface area contributed by atoms with Gasteiger partial charge >= 0.3 is 6.03 Å². The monoisotopic (exact) mass is 848 g/mol. The minimum atomic E-state index is -1.81. The third kappa shape index (κ3) is 13.7. The Morgan fingerprint density at radius 3 is 1.86 bits per heavy atom. The van der Waals surface area contributed by atoms with Crippen LogP contribution in [0, 0.1) is 5.92 Å². The number of carbonyl (C=O) groups excluding carboxylic acids is 4. The Balaban J connectivity index is 1.40. The molecule has 0 aromatic heterocycles. The molecule has 15 atom stereocenters. The van der Waals surface area contributed by atoms with Crippen LogP contribution in [0.2, 0.25) is 0 Å². The minimum Gasteiger partial charge on any atom is -0.394 e. The zero-order valence-corrected chi connectivity index (χ0v) is 34.3. The summed E-state index contributed by atoms with van der Waals surface area (Å²) in [5.74, 6) is -0.953. The number of ether oxygens (including phenoxy) is 4. The number of urea groups is 1. The molecule has 0 bridgehead atoms. The van der Waals surface area contributed by atoms with E-state index in [0.717, 1.165) is 43.4 Å². The van der Waals surface area contributed by atoms with Gasteiger partial charge in [-0.25, -0.2) is 4.79 Å². The number of amides is 5. The molecule has 4 rings (SSSR count). The van der Waals surface area contributed by atoms with Gasteiger partial charge in [0.05, 0.1) is 18.8 Å². The first-order chi connectivity index (χ1) is 28.0. The average molecular weight is 849 g/mol. The number of hydrogen-bond donors (Lipinski definition) is 11. The Morgan fingerprint density at radius 1 is 0.763 bits per heavy atom. The summed E-state index contributed by atoms with van der Waals surface area (Å²) in [4.78, 5) is 50.4. The molecule has 59 heavy (non-hydrogen) atoms. The first-order valence-electron chi connectivity index (χ1n) is 21.2. The number of carbonyl (C=O) groups is 4. The fourth-order valence-electron chi connectivity index (χ4n) is 8.08. The maximum absolute atomic E-state index is 13.2. The average Bonchev–Trinajstić information content (AvgIpc) is 3.47. The lowest BCUT2D eigenvalue weighted by Gasteiger charge is -2.47. The highest BCUT2D eigenvalue weighted by Gasteiger charge is 2.54. The van der Waals surface area contributed by atoms with Crippen molar-refractivity contribution < 1.29 is 79.0 Å². The molecule has 20 nitrogen and oxygen atoms in total. The van der Waals surface area contributed by atoms with E-state index in [1.807, 2.05) is 0 Å². The lowest BCUT2D eigenvalue weighted by Crippen LogP contribution is -2.69. The quantitative estimate of drug-likeness (QED) is 0.0544. The number of aliphatic hydroxyl groups excluding tert-OH is 8. The van der Waals surface area contributed by atoms with Crippen LogP contribution in [0.3, 0.4) is 0 Å². The Kier molecular flexibility index (Phi) is 19.6. The van der Waals surface area contributed by atoms with E-state index in [1.54, 1.807) is 0 Å². The molecular weight excluding hydrogens is 780 g/mol. The largest absolute Gasteiger partial charge is 0.394 e. The number of aliphatic hydroxyl groups is 8. The fourth-order valence-corrected chi connectivity index (χ4v) is 8.08. The van der Waals surface area contributed by atoms with Crippen molar-refractivity contribution in [2.75, 3.05) is 13.2 Å². The van der Waals surface area contributed by atoms with Crippen molar-refractivity contribution in [1.82, 2.24) is 20.9 Å². The molecule has 4 heterocycles. The molecule has 0 aliphatic carbocycles. The van der Waals surface area contributed by atoms with E-state index in [9.17, 15) is 60.0 Å². The van der Waals surface area contributed by atoms with E-state index in [-0.39, 0.29) is 19.4 Å². The standard InChI is InChI=1S/C39H68N4O16/c1-20(2)14-12-10-8-6-4-5-7-9-11-13-15-25(47)41-28-32(52)29(49)23(56-38(28)59-37-27(40-21(3)45)31(51)30(50)24(19-44)57-37)18-22(46)35-33(53)34(54)36(58-35)43-17-16-26(48)42-39(43)55/h20,22-24,27-38,44,46,49-54H,4-19H2,1-3H3,(H,40,45)(H,41,47)(H,42,48,55)/t22-,23-,24-,27-,28-,29+,30-,31-,32-,33+,34-,35-,36-,37-,38+/m1/s1. The Hall–Kier alpha value is -2.60. The second-order valence-electron chi connectivity index (χ2n) is 16.7. The van der Waals surface area contributed by atoms with Crippen molar-refractivity contribution in [2.45, 2.75) is 203 Å². The van der Waals surface area contributed by atoms with Crippen LogP contribution >= 0.6 is 0 Å². The highest BCUT2D eigenvalue weighted by atomic mass is 16.8. The summed E-state index contributed by atoms with van der Waals surface area (Å²) in [6.45, 7) is 4.72. The van der Waals surface area contributed by atoms with Gasteiger partial charge in [0.15, 0.2) is 18.8 Å². The smallest absolute Gasteiger partial charge is 0.326 e. The first kappa shape index (κ1) is 49.1. The summed E-state index contributed by atoms with van der Waals surface area (Å²) in [5, 5.41) is 93.8. The van der Waals surface area contributed by atoms with Gasteiger partial charge in [-0.1, -0.05) is 78.1 Å². The Morgan fingerprint density at radius 2 is 1.31 bits per heavy atom. The highest BCUT2D eigenvalue weighted by Crippen LogP contribution is 2.33. The van der Waals surface area contributed by atoms with Crippen LogP contribution in [-0.4, -0.2) is 175 Å². The van der Waals surface area contributed by atoms with Crippen molar-refractivity contribution in [3.8, 4) is 0 Å². The zero-order chi connectivity index (χ0) is 43.4. The Labute approximate surface area is 344 Å². The van der Waals surface area contributed by atoms with Gasteiger partial charge in [-0.2, -0.15) is 0 Å². The van der Waals surface area contributed by atoms with E-state index < -0.39 is 129 Å². The van der Waals surface area contributed by atoms with E-state index in [4.69, 9.17) is 18.9 Å². The van der Waals surface area contributed by atoms with Gasteiger partial charge in [0, 0.05) is 32.7 Å².